The zero-order valence-electron chi connectivity index (χ0n) is 15.5. The number of nitrogens with zero attached hydrogens (tertiary/aromatic N) is 1. The maximum Gasteiger partial charge on any atom is 0.119 e. The summed E-state index contributed by atoms with van der Waals surface area (Å²) in [6.45, 7) is 3.60. The summed E-state index contributed by atoms with van der Waals surface area (Å²) in [5.74, 6) is 1.47. The maximum atomic E-state index is 10.3. The molecule has 1 aliphatic heterocycles. The molecule has 1 unspecified atom stereocenters. The smallest absolute Gasteiger partial charge is 0.119 e. The van der Waals surface area contributed by atoms with Crippen molar-refractivity contribution in [1.82, 2.24) is 4.90 Å². The fraction of sp³-hybridized carbons (Fsp3) is 0.455. The summed E-state index contributed by atoms with van der Waals surface area (Å²) in [7, 11) is 1.66. The molecule has 3 rings (SSSR count). The van der Waals surface area contributed by atoms with Gasteiger partial charge in [0.25, 0.3) is 0 Å². The average Bonchev–Trinajstić information content (AvgIpc) is 2.69. The summed E-state index contributed by atoms with van der Waals surface area (Å²) >= 11 is 0. The van der Waals surface area contributed by atoms with Crippen LogP contribution >= 0.6 is 0 Å². The van der Waals surface area contributed by atoms with Gasteiger partial charge in [-0.15, -0.1) is 0 Å². The van der Waals surface area contributed by atoms with Gasteiger partial charge in [-0.25, -0.2) is 0 Å². The summed E-state index contributed by atoms with van der Waals surface area (Å²) < 4.78 is 10.9. The second-order valence-corrected chi connectivity index (χ2v) is 7.01. The molecule has 0 bridgehead atoms. The van der Waals surface area contributed by atoms with E-state index in [0.29, 0.717) is 25.7 Å². The predicted molar refractivity (Wildman–Crippen MR) is 104 cm³/mol. The van der Waals surface area contributed by atoms with Gasteiger partial charge in [-0.1, -0.05) is 42.5 Å². The average molecular weight is 355 g/mol. The predicted octanol–water partition coefficient (Wildman–Crippen LogP) is 3.45. The number of likely N-dealkylation sites (tertiary alicyclic amines) is 1. The standard InChI is InChI=1S/C22H29NO3/c1-25-22-9-5-6-18(14-22)16-26-17-21(24)15-23-12-10-20(11-13-23)19-7-3-2-4-8-19/h2-9,14,20-21,24H,10-13,15-17H2,1H3. The third kappa shape index (κ3) is 5.56. The summed E-state index contributed by atoms with van der Waals surface area (Å²) in [4.78, 5) is 2.35. The summed E-state index contributed by atoms with van der Waals surface area (Å²) in [5.41, 5.74) is 2.49. The largest absolute Gasteiger partial charge is 0.497 e. The Morgan fingerprint density at radius 2 is 1.85 bits per heavy atom. The molecular formula is C22H29NO3. The number of hydrogen-bond donors (Lipinski definition) is 1. The van der Waals surface area contributed by atoms with Gasteiger partial charge in [0.15, 0.2) is 0 Å². The summed E-state index contributed by atoms with van der Waals surface area (Å²) in [5, 5.41) is 10.3. The number of aliphatic hydroxyl groups is 1. The van der Waals surface area contributed by atoms with E-state index in [-0.39, 0.29) is 0 Å². The van der Waals surface area contributed by atoms with Crippen LogP contribution in [0.15, 0.2) is 54.6 Å². The van der Waals surface area contributed by atoms with Crippen LogP contribution in [0.25, 0.3) is 0 Å². The van der Waals surface area contributed by atoms with E-state index in [1.807, 2.05) is 24.3 Å². The highest BCUT2D eigenvalue weighted by Crippen LogP contribution is 2.27. The molecule has 26 heavy (non-hydrogen) atoms. The number of ether oxygens (including phenoxy) is 2. The molecule has 1 atom stereocenters. The molecule has 0 aliphatic carbocycles. The Kier molecular flexibility index (Phi) is 7.06. The zero-order valence-corrected chi connectivity index (χ0v) is 15.5. The van der Waals surface area contributed by atoms with Crippen LogP contribution in [0, 0.1) is 0 Å². The first-order valence-electron chi connectivity index (χ1n) is 9.40. The van der Waals surface area contributed by atoms with Crippen molar-refractivity contribution in [3.05, 3.63) is 65.7 Å². The molecule has 0 aromatic heterocycles. The minimum atomic E-state index is -0.450. The minimum absolute atomic E-state index is 0.357. The molecule has 140 valence electrons. The highest BCUT2D eigenvalue weighted by Gasteiger charge is 2.22. The Bertz CT molecular complexity index is 653. The Morgan fingerprint density at radius 3 is 2.58 bits per heavy atom. The molecule has 0 spiro atoms. The van der Waals surface area contributed by atoms with E-state index < -0.39 is 6.10 Å². The quantitative estimate of drug-likeness (QED) is 0.787. The van der Waals surface area contributed by atoms with Crippen LogP contribution in [0.1, 0.15) is 29.9 Å². The molecule has 1 aliphatic rings. The van der Waals surface area contributed by atoms with E-state index >= 15 is 0 Å². The number of aliphatic hydroxyl groups excluding tert-OH is 1. The number of benzene rings is 2. The number of hydrogen-bond acceptors (Lipinski definition) is 4. The molecule has 1 fully saturated rings. The van der Waals surface area contributed by atoms with Gasteiger partial charge >= 0.3 is 0 Å². The second-order valence-electron chi connectivity index (χ2n) is 7.01. The summed E-state index contributed by atoms with van der Waals surface area (Å²) in [6, 6.07) is 18.6. The van der Waals surface area contributed by atoms with E-state index in [1.165, 1.54) is 5.56 Å². The van der Waals surface area contributed by atoms with Crippen LogP contribution in [-0.2, 0) is 11.3 Å². The van der Waals surface area contributed by atoms with Crippen LogP contribution in [0.2, 0.25) is 0 Å². The van der Waals surface area contributed by atoms with E-state index in [9.17, 15) is 5.11 Å². The van der Waals surface area contributed by atoms with Crippen LogP contribution in [-0.4, -0.2) is 49.5 Å². The highest BCUT2D eigenvalue weighted by molar-refractivity contribution is 5.27. The molecule has 0 saturated carbocycles. The lowest BCUT2D eigenvalue weighted by atomic mass is 9.89. The highest BCUT2D eigenvalue weighted by atomic mass is 16.5. The van der Waals surface area contributed by atoms with Crippen LogP contribution < -0.4 is 4.74 Å². The zero-order chi connectivity index (χ0) is 18.2. The van der Waals surface area contributed by atoms with Crippen molar-refractivity contribution in [2.24, 2.45) is 0 Å². The van der Waals surface area contributed by atoms with Gasteiger partial charge in [0.05, 0.1) is 26.4 Å². The van der Waals surface area contributed by atoms with Gasteiger partial charge in [0.2, 0.25) is 0 Å². The Balaban J connectivity index is 1.36. The van der Waals surface area contributed by atoms with Crippen molar-refractivity contribution >= 4 is 0 Å². The van der Waals surface area contributed by atoms with Crippen molar-refractivity contribution in [1.29, 1.82) is 0 Å². The van der Waals surface area contributed by atoms with E-state index in [2.05, 4.69) is 35.2 Å². The van der Waals surface area contributed by atoms with Crippen molar-refractivity contribution in [3.8, 4) is 5.75 Å². The van der Waals surface area contributed by atoms with E-state index in [0.717, 1.165) is 37.2 Å². The molecule has 1 heterocycles. The van der Waals surface area contributed by atoms with Crippen molar-refractivity contribution in [3.63, 3.8) is 0 Å². The first-order chi connectivity index (χ1) is 12.7. The van der Waals surface area contributed by atoms with Gasteiger partial charge < -0.3 is 19.5 Å². The molecule has 0 amide bonds. The molecular weight excluding hydrogens is 326 g/mol. The van der Waals surface area contributed by atoms with E-state index in [4.69, 9.17) is 9.47 Å². The van der Waals surface area contributed by atoms with Crippen LogP contribution in [0.5, 0.6) is 5.75 Å². The molecule has 4 heteroatoms. The van der Waals surface area contributed by atoms with Crippen LogP contribution in [0.4, 0.5) is 0 Å². The fourth-order valence-electron chi connectivity index (χ4n) is 3.60. The molecule has 1 N–H and O–H groups in total. The molecule has 2 aromatic carbocycles. The SMILES string of the molecule is COc1cccc(COCC(O)CN2CCC(c3ccccc3)CC2)c1. The molecule has 1 saturated heterocycles. The number of piperidine rings is 1. The lowest BCUT2D eigenvalue weighted by Gasteiger charge is -2.33. The van der Waals surface area contributed by atoms with Gasteiger partial charge in [-0.3, -0.25) is 0 Å². The Labute approximate surface area is 156 Å². The molecule has 0 radical (unpaired) electrons. The second kappa shape index (κ2) is 9.72. The topological polar surface area (TPSA) is 41.9 Å². The number of methoxy groups -OCH3 is 1. The van der Waals surface area contributed by atoms with Gasteiger partial charge in [0.1, 0.15) is 5.75 Å². The van der Waals surface area contributed by atoms with Gasteiger partial charge in [0, 0.05) is 6.54 Å². The minimum Gasteiger partial charge on any atom is -0.497 e. The summed E-state index contributed by atoms with van der Waals surface area (Å²) in [6.07, 6.45) is 1.86. The Hall–Kier alpha value is -1.88. The molecule has 2 aromatic rings. The Morgan fingerprint density at radius 1 is 1.08 bits per heavy atom. The van der Waals surface area contributed by atoms with Crippen molar-refractivity contribution in [2.75, 3.05) is 33.4 Å². The van der Waals surface area contributed by atoms with Crippen molar-refractivity contribution in [2.45, 2.75) is 31.5 Å². The normalized spacial score (nSPS) is 17.2. The monoisotopic (exact) mass is 355 g/mol. The van der Waals surface area contributed by atoms with Crippen LogP contribution in [0.3, 0.4) is 0 Å². The third-order valence-electron chi connectivity index (χ3n) is 5.04. The maximum absolute atomic E-state index is 10.3. The first-order valence-corrected chi connectivity index (χ1v) is 9.40. The fourth-order valence-corrected chi connectivity index (χ4v) is 3.60. The van der Waals surface area contributed by atoms with Gasteiger partial charge in [-0.2, -0.15) is 0 Å². The first kappa shape index (κ1) is 18.9. The van der Waals surface area contributed by atoms with Gasteiger partial charge in [-0.05, 0) is 55.1 Å². The lowest BCUT2D eigenvalue weighted by molar-refractivity contribution is 0.00618. The van der Waals surface area contributed by atoms with Crippen molar-refractivity contribution < 1.29 is 14.6 Å². The third-order valence-corrected chi connectivity index (χ3v) is 5.04. The number of β-amino-alcohol motifs (C(OH)–C–C–N with tert-alkyl or cyclic N) is 1. The lowest BCUT2D eigenvalue weighted by Crippen LogP contribution is -2.39. The van der Waals surface area contributed by atoms with E-state index in [1.54, 1.807) is 7.11 Å². The molecule has 4 nitrogen and oxygen atoms in total. The number of rotatable bonds is 8.